The van der Waals surface area contributed by atoms with Crippen molar-refractivity contribution < 1.29 is 13.5 Å². The summed E-state index contributed by atoms with van der Waals surface area (Å²) in [6.45, 7) is 10.6. The lowest BCUT2D eigenvalue weighted by molar-refractivity contribution is 0.268. The Hall–Kier alpha value is -3.43. The van der Waals surface area contributed by atoms with Crippen molar-refractivity contribution in [3.63, 3.8) is 0 Å². The fraction of sp³-hybridized carbons (Fsp3) is 0.381. The van der Waals surface area contributed by atoms with Gasteiger partial charge in [-0.15, -0.1) is 10.2 Å². The third kappa shape index (κ3) is 3.62. The van der Waals surface area contributed by atoms with Crippen molar-refractivity contribution in [3.05, 3.63) is 53.2 Å². The molecule has 3 heterocycles. The highest BCUT2D eigenvalue weighted by Gasteiger charge is 2.30. The minimum atomic E-state index is -0.745. The van der Waals surface area contributed by atoms with Crippen LogP contribution in [0.5, 0.6) is 5.88 Å². The molecule has 0 radical (unpaired) electrons. The van der Waals surface area contributed by atoms with Crippen LogP contribution in [0.15, 0.2) is 24.5 Å². The van der Waals surface area contributed by atoms with Crippen molar-refractivity contribution in [1.82, 2.24) is 34.6 Å². The van der Waals surface area contributed by atoms with Gasteiger partial charge in [-0.25, -0.2) is 23.0 Å². The third-order valence-corrected chi connectivity index (χ3v) is 4.96. The van der Waals surface area contributed by atoms with Crippen molar-refractivity contribution in [2.24, 2.45) is 0 Å². The van der Waals surface area contributed by atoms with Crippen LogP contribution >= 0.6 is 0 Å². The summed E-state index contributed by atoms with van der Waals surface area (Å²) in [5, 5.41) is 16.9. The van der Waals surface area contributed by atoms with Crippen molar-refractivity contribution in [2.45, 2.75) is 53.2 Å². The number of hydrogen-bond acceptors (Lipinski definition) is 6. The second kappa shape index (κ2) is 7.68. The number of ether oxygens (including phenoxy) is 1. The Balaban J connectivity index is 1.92. The lowest BCUT2D eigenvalue weighted by Gasteiger charge is -2.19. The predicted octanol–water partition coefficient (Wildman–Crippen LogP) is 3.87. The topological polar surface area (TPSA) is 83.0 Å². The van der Waals surface area contributed by atoms with Gasteiger partial charge in [-0.1, -0.05) is 26.8 Å². The maximum Gasteiger partial charge on any atom is 0.238 e. The molecule has 0 saturated heterocycles. The molecule has 3 aromatic heterocycles. The zero-order valence-electron chi connectivity index (χ0n) is 18.0. The Morgan fingerprint density at radius 2 is 1.81 bits per heavy atom. The number of halogens is 2. The fourth-order valence-electron chi connectivity index (χ4n) is 3.54. The minimum absolute atomic E-state index is 0.0340. The summed E-state index contributed by atoms with van der Waals surface area (Å²) in [6.07, 6.45) is 1.47. The summed E-state index contributed by atoms with van der Waals surface area (Å²) in [5.74, 6) is -0.549. The first-order valence-corrected chi connectivity index (χ1v) is 9.92. The van der Waals surface area contributed by atoms with Gasteiger partial charge >= 0.3 is 0 Å². The van der Waals surface area contributed by atoms with E-state index in [9.17, 15) is 8.78 Å². The maximum absolute atomic E-state index is 14.5. The zero-order chi connectivity index (χ0) is 22.3. The molecule has 31 heavy (non-hydrogen) atoms. The molecule has 162 valence electrons. The Kier molecular flexibility index (Phi) is 5.16. The van der Waals surface area contributed by atoms with Crippen LogP contribution in [0.25, 0.3) is 16.9 Å². The van der Waals surface area contributed by atoms with Gasteiger partial charge in [0.25, 0.3) is 0 Å². The van der Waals surface area contributed by atoms with E-state index in [1.54, 1.807) is 11.6 Å². The van der Waals surface area contributed by atoms with E-state index in [1.807, 2.05) is 27.7 Å². The molecule has 0 bridgehead atoms. The van der Waals surface area contributed by atoms with Gasteiger partial charge in [0.05, 0.1) is 16.8 Å². The molecule has 10 heteroatoms. The average Bonchev–Trinajstić information content (AvgIpc) is 3.32. The lowest BCUT2D eigenvalue weighted by atomic mass is 9.87. The van der Waals surface area contributed by atoms with Crippen LogP contribution in [-0.2, 0) is 18.6 Å². The standard InChI is InChI=1S/C21H23F2N7O/c1-6-29-15(24-11-25-29)10-31-20-17(21(3,4)5)18-12(2)26-27-19(30(18)28-20)16-13(22)8-7-9-14(16)23/h7-9,11H,6,10H2,1-5H3. The molecule has 0 amide bonds. The lowest BCUT2D eigenvalue weighted by Crippen LogP contribution is -2.15. The molecule has 0 aliphatic carbocycles. The van der Waals surface area contributed by atoms with E-state index in [4.69, 9.17) is 4.74 Å². The molecule has 0 atom stereocenters. The highest BCUT2D eigenvalue weighted by atomic mass is 19.1. The van der Waals surface area contributed by atoms with Crippen LogP contribution in [0, 0.1) is 18.6 Å². The van der Waals surface area contributed by atoms with Gasteiger partial charge in [-0.3, -0.25) is 0 Å². The van der Waals surface area contributed by atoms with Gasteiger partial charge in [-0.2, -0.15) is 10.2 Å². The molecule has 0 aliphatic heterocycles. The summed E-state index contributed by atoms with van der Waals surface area (Å²) < 4.78 is 38.2. The first-order chi connectivity index (χ1) is 14.7. The summed E-state index contributed by atoms with van der Waals surface area (Å²) in [7, 11) is 0. The summed E-state index contributed by atoms with van der Waals surface area (Å²) >= 11 is 0. The molecule has 0 spiro atoms. The Labute approximate surface area is 177 Å². The number of nitrogens with zero attached hydrogens (tertiary/aromatic N) is 7. The van der Waals surface area contributed by atoms with E-state index in [0.717, 1.165) is 5.56 Å². The van der Waals surface area contributed by atoms with Gasteiger partial charge < -0.3 is 4.74 Å². The van der Waals surface area contributed by atoms with Crippen molar-refractivity contribution in [2.75, 3.05) is 0 Å². The summed E-state index contributed by atoms with van der Waals surface area (Å²) in [6, 6.07) is 3.65. The van der Waals surface area contributed by atoms with E-state index in [2.05, 4.69) is 25.4 Å². The van der Waals surface area contributed by atoms with Crippen LogP contribution in [0.4, 0.5) is 8.78 Å². The predicted molar refractivity (Wildman–Crippen MR) is 110 cm³/mol. The second-order valence-corrected chi connectivity index (χ2v) is 8.18. The van der Waals surface area contributed by atoms with Gasteiger partial charge in [0, 0.05) is 12.1 Å². The van der Waals surface area contributed by atoms with Crippen LogP contribution in [-0.4, -0.2) is 34.6 Å². The van der Waals surface area contributed by atoms with Gasteiger partial charge in [-0.05, 0) is 31.4 Å². The molecule has 4 rings (SSSR count). The molecule has 0 fully saturated rings. The molecule has 8 nitrogen and oxygen atoms in total. The largest absolute Gasteiger partial charge is 0.468 e. The third-order valence-electron chi connectivity index (χ3n) is 4.96. The number of aryl methyl sites for hydroxylation is 2. The molecule has 0 unspecified atom stereocenters. The van der Waals surface area contributed by atoms with Gasteiger partial charge in [0.15, 0.2) is 11.6 Å². The number of hydrogen-bond donors (Lipinski definition) is 0. The number of rotatable bonds is 5. The quantitative estimate of drug-likeness (QED) is 0.481. The molecule has 0 N–H and O–H groups in total. The molecular formula is C21H23F2N7O. The SMILES string of the molecule is CCn1ncnc1COc1nn2c(-c3c(F)cccc3F)nnc(C)c2c1C(C)(C)C. The van der Waals surface area contributed by atoms with Gasteiger partial charge in [0.2, 0.25) is 5.88 Å². The Morgan fingerprint density at radius 1 is 1.10 bits per heavy atom. The van der Waals surface area contributed by atoms with Crippen LogP contribution in [0.1, 0.15) is 44.8 Å². The highest BCUT2D eigenvalue weighted by Crippen LogP contribution is 2.37. The van der Waals surface area contributed by atoms with E-state index >= 15 is 0 Å². The van der Waals surface area contributed by atoms with E-state index in [1.165, 1.54) is 29.0 Å². The fourth-order valence-corrected chi connectivity index (χ4v) is 3.54. The van der Waals surface area contributed by atoms with E-state index in [-0.39, 0.29) is 18.0 Å². The molecular weight excluding hydrogens is 404 g/mol. The van der Waals surface area contributed by atoms with Crippen LogP contribution in [0.3, 0.4) is 0 Å². The number of fused-ring (bicyclic) bond motifs is 1. The first-order valence-electron chi connectivity index (χ1n) is 9.92. The molecule has 4 aromatic rings. The smallest absolute Gasteiger partial charge is 0.238 e. The Morgan fingerprint density at radius 3 is 2.45 bits per heavy atom. The maximum atomic E-state index is 14.5. The van der Waals surface area contributed by atoms with Crippen LogP contribution in [0.2, 0.25) is 0 Å². The second-order valence-electron chi connectivity index (χ2n) is 8.18. The zero-order valence-corrected chi connectivity index (χ0v) is 18.0. The average molecular weight is 427 g/mol. The van der Waals surface area contributed by atoms with Crippen molar-refractivity contribution in [1.29, 1.82) is 0 Å². The summed E-state index contributed by atoms with van der Waals surface area (Å²) in [4.78, 5) is 4.22. The monoisotopic (exact) mass is 427 g/mol. The van der Waals surface area contributed by atoms with Gasteiger partial charge in [0.1, 0.15) is 24.6 Å². The number of aromatic nitrogens is 7. The van der Waals surface area contributed by atoms with Crippen molar-refractivity contribution in [3.8, 4) is 17.3 Å². The molecule has 0 aliphatic rings. The first kappa shape index (κ1) is 20.8. The van der Waals surface area contributed by atoms with Crippen molar-refractivity contribution >= 4 is 5.52 Å². The van der Waals surface area contributed by atoms with E-state index < -0.39 is 17.0 Å². The normalized spacial score (nSPS) is 12.0. The molecule has 0 saturated carbocycles. The number of benzene rings is 1. The van der Waals surface area contributed by atoms with E-state index in [0.29, 0.717) is 29.5 Å². The molecule has 1 aromatic carbocycles. The summed E-state index contributed by atoms with van der Waals surface area (Å²) in [5.41, 5.74) is 1.26. The minimum Gasteiger partial charge on any atom is -0.468 e. The highest BCUT2D eigenvalue weighted by molar-refractivity contribution is 5.69. The Bertz CT molecular complexity index is 1240. The van der Waals surface area contributed by atoms with Crippen LogP contribution < -0.4 is 4.74 Å².